The van der Waals surface area contributed by atoms with Gasteiger partial charge in [-0.15, -0.1) is 0 Å². The lowest BCUT2D eigenvalue weighted by atomic mass is 10.1. The molecular weight excluding hydrogens is 385 g/mol. The molecule has 1 aliphatic heterocycles. The number of nitrogens with zero attached hydrogens (tertiary/aromatic N) is 3. The minimum Gasteiger partial charge on any atom is -0.439 e. The summed E-state index contributed by atoms with van der Waals surface area (Å²) in [5, 5.41) is 9.10. The van der Waals surface area contributed by atoms with Gasteiger partial charge in [0, 0.05) is 18.8 Å². The maximum absolute atomic E-state index is 12.6. The van der Waals surface area contributed by atoms with E-state index in [0.29, 0.717) is 31.3 Å². The van der Waals surface area contributed by atoms with Crippen LogP contribution in [0.15, 0.2) is 42.6 Å². The number of nitriles is 1. The third kappa shape index (κ3) is 5.03. The van der Waals surface area contributed by atoms with Crippen molar-refractivity contribution in [1.29, 1.82) is 5.26 Å². The fraction of sp³-hybridized carbons (Fsp3) is 0.350. The lowest BCUT2D eigenvalue weighted by Gasteiger charge is -2.23. The molecular formula is C20H19F3N4O2. The number of aromatic nitrogens is 1. The second-order valence-electron chi connectivity index (χ2n) is 6.76. The van der Waals surface area contributed by atoms with Crippen LogP contribution in [0.3, 0.4) is 0 Å². The molecule has 1 amide bonds. The first-order valence-corrected chi connectivity index (χ1v) is 9.03. The van der Waals surface area contributed by atoms with Crippen LogP contribution in [0.2, 0.25) is 0 Å². The van der Waals surface area contributed by atoms with Gasteiger partial charge in [-0.2, -0.15) is 18.4 Å². The molecule has 0 aliphatic carbocycles. The molecule has 0 bridgehead atoms. The fourth-order valence-electron chi connectivity index (χ4n) is 3.14. The standard InChI is InChI=1S/C20H19F3N4O2/c21-20(22,23)14-5-8-18(26-12-14)29-16-6-3-13(4-7-16)10-17(25)19(28)27-9-1-2-15(27)11-24/h3-8,12,15,17H,1-2,9-10,25H2/t15-,17-/m0/s1. The van der Waals surface area contributed by atoms with E-state index in [0.717, 1.165) is 24.1 Å². The zero-order valence-corrected chi connectivity index (χ0v) is 15.4. The molecule has 2 heterocycles. The van der Waals surface area contributed by atoms with E-state index in [1.165, 1.54) is 4.90 Å². The number of carbonyl (C=O) groups is 1. The summed E-state index contributed by atoms with van der Waals surface area (Å²) in [6, 6.07) is 9.68. The Bertz CT molecular complexity index is 892. The van der Waals surface area contributed by atoms with E-state index in [-0.39, 0.29) is 11.8 Å². The van der Waals surface area contributed by atoms with E-state index in [2.05, 4.69) is 11.1 Å². The lowest BCUT2D eigenvalue weighted by molar-refractivity contribution is -0.138. The topological polar surface area (TPSA) is 92.2 Å². The average molecular weight is 404 g/mol. The van der Waals surface area contributed by atoms with Crippen LogP contribution in [-0.2, 0) is 17.4 Å². The van der Waals surface area contributed by atoms with Gasteiger partial charge in [0.1, 0.15) is 11.8 Å². The number of hydrogen-bond acceptors (Lipinski definition) is 5. The van der Waals surface area contributed by atoms with Crippen LogP contribution in [-0.4, -0.2) is 34.4 Å². The minimum absolute atomic E-state index is 0.0363. The van der Waals surface area contributed by atoms with Crippen molar-refractivity contribution >= 4 is 5.91 Å². The molecule has 0 spiro atoms. The second kappa shape index (κ2) is 8.49. The summed E-state index contributed by atoms with van der Waals surface area (Å²) in [6.45, 7) is 0.539. The Kier molecular flexibility index (Phi) is 6.03. The smallest absolute Gasteiger partial charge is 0.417 e. The summed E-state index contributed by atoms with van der Waals surface area (Å²) in [7, 11) is 0. The minimum atomic E-state index is -4.45. The maximum atomic E-state index is 12.6. The summed E-state index contributed by atoms with van der Waals surface area (Å²) in [5.74, 6) is 0.183. The molecule has 152 valence electrons. The van der Waals surface area contributed by atoms with Crippen molar-refractivity contribution in [3.8, 4) is 17.7 Å². The van der Waals surface area contributed by atoms with Gasteiger partial charge in [0.2, 0.25) is 11.8 Å². The highest BCUT2D eigenvalue weighted by atomic mass is 19.4. The molecule has 1 fully saturated rings. The normalized spacial score (nSPS) is 17.6. The number of nitrogens with two attached hydrogens (primary N) is 1. The first kappa shape index (κ1) is 20.6. The SMILES string of the molecule is N#C[C@@H]1CCCN1C(=O)[C@@H](N)Cc1ccc(Oc2ccc(C(F)(F)F)cn2)cc1. The highest BCUT2D eigenvalue weighted by molar-refractivity contribution is 5.82. The summed E-state index contributed by atoms with van der Waals surface area (Å²) < 4.78 is 43.1. The van der Waals surface area contributed by atoms with Gasteiger partial charge in [-0.05, 0) is 43.0 Å². The summed E-state index contributed by atoms with van der Waals surface area (Å²) in [6.07, 6.45) is -1.99. The molecule has 9 heteroatoms. The van der Waals surface area contributed by atoms with E-state index in [9.17, 15) is 18.0 Å². The molecule has 29 heavy (non-hydrogen) atoms. The van der Waals surface area contributed by atoms with Gasteiger partial charge >= 0.3 is 6.18 Å². The van der Waals surface area contributed by atoms with E-state index in [1.807, 2.05) is 0 Å². The molecule has 0 saturated carbocycles. The van der Waals surface area contributed by atoms with E-state index in [4.69, 9.17) is 15.7 Å². The molecule has 2 aromatic rings. The molecule has 6 nitrogen and oxygen atoms in total. The lowest BCUT2D eigenvalue weighted by Crippen LogP contribution is -2.46. The van der Waals surface area contributed by atoms with Crippen molar-refractivity contribution in [1.82, 2.24) is 9.88 Å². The van der Waals surface area contributed by atoms with E-state index >= 15 is 0 Å². The number of ether oxygens (including phenoxy) is 1. The van der Waals surface area contributed by atoms with Crippen molar-refractivity contribution in [2.24, 2.45) is 5.73 Å². The molecule has 1 aromatic heterocycles. The average Bonchev–Trinajstić information content (AvgIpc) is 3.17. The molecule has 0 radical (unpaired) electrons. The fourth-order valence-corrected chi connectivity index (χ4v) is 3.14. The van der Waals surface area contributed by atoms with Crippen molar-refractivity contribution < 1.29 is 22.7 Å². The Morgan fingerprint density at radius 3 is 2.62 bits per heavy atom. The predicted octanol–water partition coefficient (Wildman–Crippen LogP) is 3.28. The van der Waals surface area contributed by atoms with Gasteiger partial charge in [-0.1, -0.05) is 12.1 Å². The summed E-state index contributed by atoms with van der Waals surface area (Å²) in [5.41, 5.74) is 5.97. The second-order valence-corrected chi connectivity index (χ2v) is 6.76. The third-order valence-corrected chi connectivity index (χ3v) is 4.67. The van der Waals surface area contributed by atoms with Gasteiger partial charge in [-0.3, -0.25) is 4.79 Å². The van der Waals surface area contributed by atoms with Crippen LogP contribution in [0, 0.1) is 11.3 Å². The zero-order chi connectivity index (χ0) is 21.0. The largest absolute Gasteiger partial charge is 0.439 e. The Labute approximate surface area is 165 Å². The monoisotopic (exact) mass is 404 g/mol. The van der Waals surface area contributed by atoms with Gasteiger partial charge in [0.15, 0.2) is 0 Å². The third-order valence-electron chi connectivity index (χ3n) is 4.67. The molecule has 1 aliphatic rings. The Morgan fingerprint density at radius 2 is 2.03 bits per heavy atom. The van der Waals surface area contributed by atoms with Gasteiger partial charge in [0.05, 0.1) is 17.7 Å². The number of rotatable bonds is 5. The molecule has 2 atom stereocenters. The van der Waals surface area contributed by atoms with Crippen molar-refractivity contribution in [2.75, 3.05) is 6.54 Å². The molecule has 0 unspecified atom stereocenters. The van der Waals surface area contributed by atoms with E-state index < -0.39 is 23.8 Å². The molecule has 1 saturated heterocycles. The number of hydrogen-bond donors (Lipinski definition) is 1. The van der Waals surface area contributed by atoms with Crippen LogP contribution < -0.4 is 10.5 Å². The van der Waals surface area contributed by atoms with Crippen molar-refractivity contribution in [3.05, 3.63) is 53.7 Å². The quantitative estimate of drug-likeness (QED) is 0.826. The number of alkyl halides is 3. The van der Waals surface area contributed by atoms with Crippen LogP contribution in [0.4, 0.5) is 13.2 Å². The highest BCUT2D eigenvalue weighted by Crippen LogP contribution is 2.30. The van der Waals surface area contributed by atoms with Crippen molar-refractivity contribution in [3.63, 3.8) is 0 Å². The van der Waals surface area contributed by atoms with Crippen LogP contribution in [0.1, 0.15) is 24.0 Å². The Morgan fingerprint density at radius 1 is 1.31 bits per heavy atom. The number of amides is 1. The number of pyridine rings is 1. The van der Waals surface area contributed by atoms with Crippen LogP contribution in [0.5, 0.6) is 11.6 Å². The van der Waals surface area contributed by atoms with Crippen LogP contribution >= 0.6 is 0 Å². The number of benzene rings is 1. The predicted molar refractivity (Wildman–Crippen MR) is 97.8 cm³/mol. The first-order valence-electron chi connectivity index (χ1n) is 9.03. The first-order chi connectivity index (χ1) is 13.8. The molecule has 1 aromatic carbocycles. The van der Waals surface area contributed by atoms with Gasteiger partial charge < -0.3 is 15.4 Å². The van der Waals surface area contributed by atoms with E-state index in [1.54, 1.807) is 24.3 Å². The Hall–Kier alpha value is -3.12. The molecule has 3 rings (SSSR count). The zero-order valence-electron chi connectivity index (χ0n) is 15.4. The van der Waals surface area contributed by atoms with Gasteiger partial charge in [-0.25, -0.2) is 4.98 Å². The summed E-state index contributed by atoms with van der Waals surface area (Å²) >= 11 is 0. The maximum Gasteiger partial charge on any atom is 0.417 e. The Balaban J connectivity index is 1.58. The number of likely N-dealkylation sites (tertiary alicyclic amines) is 1. The number of halogens is 3. The van der Waals surface area contributed by atoms with Gasteiger partial charge in [0.25, 0.3) is 0 Å². The molecule has 2 N–H and O–H groups in total. The van der Waals surface area contributed by atoms with Crippen LogP contribution in [0.25, 0.3) is 0 Å². The summed E-state index contributed by atoms with van der Waals surface area (Å²) in [4.78, 5) is 17.6. The highest BCUT2D eigenvalue weighted by Gasteiger charge is 2.32. The van der Waals surface area contributed by atoms with Crippen molar-refractivity contribution in [2.45, 2.75) is 37.5 Å². The number of carbonyl (C=O) groups excluding carboxylic acids is 1.